The first-order valence-corrected chi connectivity index (χ1v) is 12.5. The Hall–Kier alpha value is -0.683. The first-order chi connectivity index (χ1) is 10.9. The maximum Gasteiger partial charge on any atom is 0.252 e. The fourth-order valence-corrected chi connectivity index (χ4v) is 8.19. The van der Waals surface area contributed by atoms with Crippen LogP contribution in [0.3, 0.4) is 0 Å². The Labute approximate surface area is 149 Å². The molecule has 4 heteroatoms. The molecule has 0 radical (unpaired) electrons. The second kappa shape index (κ2) is 8.43. The Balaban J connectivity index is 2.07. The second-order valence-electron chi connectivity index (χ2n) is 6.71. The summed E-state index contributed by atoms with van der Waals surface area (Å²) >= 11 is 0. The highest BCUT2D eigenvalue weighted by atomic mass is 33.1. The molecular formula is C19H26OS2Si. The molecule has 2 aromatic rings. The van der Waals surface area contributed by atoms with Gasteiger partial charge in [0.2, 0.25) is 0 Å². The van der Waals surface area contributed by atoms with Crippen LogP contribution >= 0.6 is 21.6 Å². The Morgan fingerprint density at radius 1 is 0.870 bits per heavy atom. The van der Waals surface area contributed by atoms with E-state index in [-0.39, 0.29) is 4.75 Å². The van der Waals surface area contributed by atoms with Gasteiger partial charge in [-0.2, -0.15) is 0 Å². The largest absolute Gasteiger partial charge is 0.424 e. The highest BCUT2D eigenvalue weighted by Crippen LogP contribution is 2.35. The third-order valence-corrected chi connectivity index (χ3v) is 10.7. The molecule has 0 saturated heterocycles. The molecule has 0 unspecified atom stereocenters. The lowest BCUT2D eigenvalue weighted by Gasteiger charge is -2.26. The van der Waals surface area contributed by atoms with Crippen molar-refractivity contribution >= 4 is 40.3 Å². The van der Waals surface area contributed by atoms with E-state index in [2.05, 4.69) is 45.0 Å². The van der Waals surface area contributed by atoms with E-state index in [9.17, 15) is 4.80 Å². The normalized spacial score (nSPS) is 12.3. The van der Waals surface area contributed by atoms with Crippen molar-refractivity contribution in [3.63, 3.8) is 0 Å². The Morgan fingerprint density at radius 3 is 1.78 bits per heavy atom. The van der Waals surface area contributed by atoms with E-state index in [4.69, 9.17) is 0 Å². The SMILES string of the molecule is CC(C)(C)SSCCC[Si](O)(c1ccccc1)c1ccccc1. The summed E-state index contributed by atoms with van der Waals surface area (Å²) in [6.45, 7) is 6.72. The van der Waals surface area contributed by atoms with E-state index in [1.165, 1.54) is 0 Å². The molecule has 1 nitrogen and oxygen atoms in total. The van der Waals surface area contributed by atoms with Crippen LogP contribution in [0.5, 0.6) is 0 Å². The molecule has 0 aliphatic carbocycles. The summed E-state index contributed by atoms with van der Waals surface area (Å²) in [5, 5.41) is 2.22. The van der Waals surface area contributed by atoms with Gasteiger partial charge in [0, 0.05) is 10.5 Å². The maximum absolute atomic E-state index is 11.5. The van der Waals surface area contributed by atoms with Crippen LogP contribution in [0.1, 0.15) is 27.2 Å². The predicted molar refractivity (Wildman–Crippen MR) is 109 cm³/mol. The monoisotopic (exact) mass is 362 g/mol. The lowest BCUT2D eigenvalue weighted by molar-refractivity contribution is 0.562. The third-order valence-electron chi connectivity index (χ3n) is 3.58. The fourth-order valence-electron chi connectivity index (χ4n) is 2.49. The molecule has 1 N–H and O–H groups in total. The van der Waals surface area contributed by atoms with Crippen molar-refractivity contribution < 1.29 is 4.80 Å². The molecule has 23 heavy (non-hydrogen) atoms. The minimum absolute atomic E-state index is 0.289. The van der Waals surface area contributed by atoms with E-state index in [0.717, 1.165) is 28.6 Å². The molecule has 0 spiro atoms. The van der Waals surface area contributed by atoms with Gasteiger partial charge in [-0.25, -0.2) is 0 Å². The summed E-state index contributed by atoms with van der Waals surface area (Å²) in [6.07, 6.45) is 1.04. The molecule has 0 fully saturated rings. The molecule has 0 aliphatic heterocycles. The van der Waals surface area contributed by atoms with Gasteiger partial charge in [-0.05, 0) is 22.8 Å². The molecule has 0 aromatic heterocycles. The molecular weight excluding hydrogens is 336 g/mol. The van der Waals surface area contributed by atoms with Crippen LogP contribution in [0, 0.1) is 0 Å². The zero-order chi connectivity index (χ0) is 16.8. The van der Waals surface area contributed by atoms with Gasteiger partial charge < -0.3 is 4.80 Å². The van der Waals surface area contributed by atoms with Crippen molar-refractivity contribution in [1.29, 1.82) is 0 Å². The van der Waals surface area contributed by atoms with Gasteiger partial charge in [-0.3, -0.25) is 0 Å². The topological polar surface area (TPSA) is 20.2 Å². The van der Waals surface area contributed by atoms with Crippen LogP contribution in [0.2, 0.25) is 6.04 Å². The van der Waals surface area contributed by atoms with Crippen LogP contribution in [0.4, 0.5) is 0 Å². The van der Waals surface area contributed by atoms with Crippen molar-refractivity contribution in [2.75, 3.05) is 5.75 Å². The van der Waals surface area contributed by atoms with Crippen LogP contribution in [0.25, 0.3) is 0 Å². The smallest absolute Gasteiger partial charge is 0.252 e. The van der Waals surface area contributed by atoms with E-state index in [0.29, 0.717) is 0 Å². The molecule has 0 amide bonds. The molecule has 2 rings (SSSR count). The highest BCUT2D eigenvalue weighted by Gasteiger charge is 2.34. The van der Waals surface area contributed by atoms with Crippen molar-refractivity contribution in [3.05, 3.63) is 60.7 Å². The molecule has 124 valence electrons. The lowest BCUT2D eigenvalue weighted by atomic mass is 10.3. The Kier molecular flexibility index (Phi) is 6.83. The van der Waals surface area contributed by atoms with Crippen molar-refractivity contribution in [2.45, 2.75) is 38.0 Å². The third kappa shape index (κ3) is 5.71. The standard InChI is InChI=1S/C19H26OS2Si/c1-19(2,3)22-21-15-10-16-23(20,17-11-6-4-7-12-17)18-13-8-5-9-14-18/h4-9,11-14,20H,10,15-16H2,1-3H3. The molecule has 0 saturated carbocycles. The summed E-state index contributed by atoms with van der Waals surface area (Å²) in [6, 6.07) is 21.3. The van der Waals surface area contributed by atoms with Crippen molar-refractivity contribution in [2.24, 2.45) is 0 Å². The Bertz CT molecular complexity index is 542. The minimum atomic E-state index is -2.62. The molecule has 0 atom stereocenters. The van der Waals surface area contributed by atoms with Crippen LogP contribution < -0.4 is 10.4 Å². The van der Waals surface area contributed by atoms with Gasteiger partial charge in [-0.15, -0.1) is 0 Å². The van der Waals surface area contributed by atoms with E-state index >= 15 is 0 Å². The first-order valence-electron chi connectivity index (χ1n) is 8.06. The second-order valence-corrected chi connectivity index (χ2v) is 13.3. The van der Waals surface area contributed by atoms with Gasteiger partial charge in [0.1, 0.15) is 0 Å². The van der Waals surface area contributed by atoms with Crippen molar-refractivity contribution in [1.82, 2.24) is 0 Å². The minimum Gasteiger partial charge on any atom is -0.424 e. The zero-order valence-electron chi connectivity index (χ0n) is 14.2. The van der Waals surface area contributed by atoms with Gasteiger partial charge in [0.25, 0.3) is 8.32 Å². The molecule has 0 bridgehead atoms. The predicted octanol–water partition coefficient (Wildman–Crippen LogP) is 4.31. The Morgan fingerprint density at radius 2 is 1.35 bits per heavy atom. The summed E-state index contributed by atoms with van der Waals surface area (Å²) in [5.41, 5.74) is 0. The number of hydrogen-bond acceptors (Lipinski definition) is 3. The average Bonchev–Trinajstić information content (AvgIpc) is 2.55. The zero-order valence-corrected chi connectivity index (χ0v) is 16.8. The lowest BCUT2D eigenvalue weighted by Crippen LogP contribution is -2.58. The van der Waals surface area contributed by atoms with Gasteiger partial charge in [0.05, 0.1) is 0 Å². The number of hydrogen-bond donors (Lipinski definition) is 1. The van der Waals surface area contributed by atoms with Crippen LogP contribution in [-0.4, -0.2) is 23.6 Å². The van der Waals surface area contributed by atoms with E-state index in [1.54, 1.807) is 0 Å². The number of benzene rings is 2. The molecule has 2 aromatic carbocycles. The molecule has 0 heterocycles. The van der Waals surface area contributed by atoms with E-state index in [1.807, 2.05) is 58.0 Å². The fraction of sp³-hybridized carbons (Fsp3) is 0.368. The van der Waals surface area contributed by atoms with E-state index < -0.39 is 8.32 Å². The maximum atomic E-state index is 11.5. The first kappa shape index (κ1) is 18.7. The van der Waals surface area contributed by atoms with Crippen molar-refractivity contribution in [3.8, 4) is 0 Å². The summed E-state index contributed by atoms with van der Waals surface area (Å²) < 4.78 is 0.289. The summed E-state index contributed by atoms with van der Waals surface area (Å²) in [5.74, 6) is 1.08. The molecule has 0 aliphatic rings. The van der Waals surface area contributed by atoms with Crippen LogP contribution in [0.15, 0.2) is 60.7 Å². The number of rotatable bonds is 7. The van der Waals surface area contributed by atoms with Gasteiger partial charge in [-0.1, -0.05) is 103 Å². The summed E-state index contributed by atoms with van der Waals surface area (Å²) in [7, 11) is 1.23. The quantitative estimate of drug-likeness (QED) is 0.450. The van der Waals surface area contributed by atoms with Crippen LogP contribution in [-0.2, 0) is 0 Å². The highest BCUT2D eigenvalue weighted by molar-refractivity contribution is 8.77. The average molecular weight is 363 g/mol. The van der Waals surface area contributed by atoms with Gasteiger partial charge in [0.15, 0.2) is 0 Å². The van der Waals surface area contributed by atoms with Gasteiger partial charge >= 0.3 is 0 Å². The summed E-state index contributed by atoms with van der Waals surface area (Å²) in [4.78, 5) is 11.5.